The fraction of sp³-hybridized carbons (Fsp3) is 0.0556. The lowest BCUT2D eigenvalue weighted by Gasteiger charge is -2.11. The van der Waals surface area contributed by atoms with Gasteiger partial charge in [0.25, 0.3) is 10.0 Å². The van der Waals surface area contributed by atoms with Gasteiger partial charge in [-0.1, -0.05) is 41.9 Å². The molecule has 0 spiro atoms. The van der Waals surface area contributed by atoms with Crippen LogP contribution in [-0.2, 0) is 10.0 Å². The minimum atomic E-state index is -3.98. The minimum Gasteiger partial charge on any atom is -0.495 e. The summed E-state index contributed by atoms with van der Waals surface area (Å²) in [6.45, 7) is 0. The summed E-state index contributed by atoms with van der Waals surface area (Å²) in [5, 5.41) is 12.8. The first-order valence-corrected chi connectivity index (χ1v) is 9.98. The van der Waals surface area contributed by atoms with Crippen LogP contribution in [-0.4, -0.2) is 35.3 Å². The van der Waals surface area contributed by atoms with Crippen molar-refractivity contribution in [3.8, 4) is 17.1 Å². The summed E-state index contributed by atoms with van der Waals surface area (Å²) in [6.07, 6.45) is 0. The molecule has 2 aromatic carbocycles. The van der Waals surface area contributed by atoms with Gasteiger partial charge in [-0.2, -0.15) is 4.52 Å². The van der Waals surface area contributed by atoms with Gasteiger partial charge in [0.15, 0.2) is 17.3 Å². The quantitative estimate of drug-likeness (QED) is 0.537. The van der Waals surface area contributed by atoms with E-state index in [2.05, 4.69) is 20.0 Å². The van der Waals surface area contributed by atoms with Gasteiger partial charge in [-0.15, -0.1) is 15.3 Å². The Hall–Kier alpha value is -3.17. The van der Waals surface area contributed by atoms with E-state index < -0.39 is 10.0 Å². The van der Waals surface area contributed by atoms with Crippen LogP contribution in [0, 0.1) is 0 Å². The maximum absolute atomic E-state index is 12.8. The zero-order valence-electron chi connectivity index (χ0n) is 14.6. The number of halogens is 1. The normalized spacial score (nSPS) is 11.5. The maximum Gasteiger partial charge on any atom is 0.266 e. The highest BCUT2D eigenvalue weighted by molar-refractivity contribution is 7.92. The fourth-order valence-electron chi connectivity index (χ4n) is 2.66. The number of rotatable bonds is 5. The number of fused-ring (bicyclic) bond motifs is 1. The third kappa shape index (κ3) is 3.37. The molecule has 28 heavy (non-hydrogen) atoms. The Morgan fingerprint density at radius 1 is 1.04 bits per heavy atom. The number of ether oxygens (including phenoxy) is 1. The average molecular weight is 416 g/mol. The van der Waals surface area contributed by atoms with E-state index >= 15 is 0 Å². The van der Waals surface area contributed by atoms with Crippen LogP contribution in [0.1, 0.15) is 0 Å². The van der Waals surface area contributed by atoms with Crippen molar-refractivity contribution >= 4 is 33.1 Å². The van der Waals surface area contributed by atoms with Crippen LogP contribution in [0.3, 0.4) is 0 Å². The molecule has 0 unspecified atom stereocenters. The number of hydrogen-bond donors (Lipinski definition) is 1. The Morgan fingerprint density at radius 2 is 1.82 bits per heavy atom. The topological polar surface area (TPSA) is 98.5 Å². The Labute approximate surface area is 165 Å². The van der Waals surface area contributed by atoms with E-state index in [1.54, 1.807) is 12.1 Å². The van der Waals surface area contributed by atoms with Gasteiger partial charge in [0, 0.05) is 10.6 Å². The number of nitrogens with zero attached hydrogens (tertiary/aromatic N) is 4. The van der Waals surface area contributed by atoms with Crippen molar-refractivity contribution in [3.63, 3.8) is 0 Å². The molecular weight excluding hydrogens is 402 g/mol. The lowest BCUT2D eigenvalue weighted by atomic mass is 10.2. The average Bonchev–Trinajstić information content (AvgIpc) is 3.11. The van der Waals surface area contributed by atoms with Crippen LogP contribution < -0.4 is 9.46 Å². The zero-order chi connectivity index (χ0) is 19.7. The summed E-state index contributed by atoms with van der Waals surface area (Å²) in [5.74, 6) is 0.774. The van der Waals surface area contributed by atoms with Gasteiger partial charge in [-0.25, -0.2) is 8.42 Å². The number of methoxy groups -OCH3 is 1. The van der Waals surface area contributed by atoms with Crippen molar-refractivity contribution in [2.24, 2.45) is 0 Å². The van der Waals surface area contributed by atoms with E-state index in [0.29, 0.717) is 11.5 Å². The van der Waals surface area contributed by atoms with Crippen LogP contribution in [0.4, 0.5) is 5.82 Å². The molecule has 10 heteroatoms. The van der Waals surface area contributed by atoms with Crippen LogP contribution in [0.2, 0.25) is 5.02 Å². The highest BCUT2D eigenvalue weighted by Gasteiger charge is 2.21. The fourth-order valence-corrected chi connectivity index (χ4v) is 4.09. The van der Waals surface area contributed by atoms with Gasteiger partial charge < -0.3 is 4.74 Å². The van der Waals surface area contributed by atoms with Crippen molar-refractivity contribution in [1.82, 2.24) is 19.8 Å². The van der Waals surface area contributed by atoms with Crippen LogP contribution >= 0.6 is 11.6 Å². The van der Waals surface area contributed by atoms with Crippen molar-refractivity contribution in [2.75, 3.05) is 11.8 Å². The molecule has 8 nitrogen and oxygen atoms in total. The summed E-state index contributed by atoms with van der Waals surface area (Å²) < 4.78 is 34.7. The van der Waals surface area contributed by atoms with Crippen LogP contribution in [0.5, 0.6) is 5.75 Å². The highest BCUT2D eigenvalue weighted by atomic mass is 35.5. The molecule has 0 radical (unpaired) electrons. The lowest BCUT2D eigenvalue weighted by Crippen LogP contribution is -2.16. The molecule has 142 valence electrons. The van der Waals surface area contributed by atoms with Gasteiger partial charge in [0.05, 0.1) is 7.11 Å². The van der Waals surface area contributed by atoms with E-state index in [-0.39, 0.29) is 21.5 Å². The van der Waals surface area contributed by atoms with Crippen molar-refractivity contribution < 1.29 is 13.2 Å². The van der Waals surface area contributed by atoms with Gasteiger partial charge in [-0.05, 0) is 30.3 Å². The first-order valence-electron chi connectivity index (χ1n) is 8.12. The first-order chi connectivity index (χ1) is 13.5. The molecule has 2 aromatic heterocycles. The van der Waals surface area contributed by atoms with E-state index in [1.165, 1.54) is 29.8 Å². The van der Waals surface area contributed by atoms with Crippen molar-refractivity contribution in [2.45, 2.75) is 4.90 Å². The minimum absolute atomic E-state index is 0.0866. The van der Waals surface area contributed by atoms with Crippen LogP contribution in [0.25, 0.3) is 17.0 Å². The van der Waals surface area contributed by atoms with Gasteiger partial charge in [0.2, 0.25) is 0 Å². The van der Waals surface area contributed by atoms with Crippen molar-refractivity contribution in [1.29, 1.82) is 0 Å². The van der Waals surface area contributed by atoms with Gasteiger partial charge in [-0.3, -0.25) is 4.72 Å². The van der Waals surface area contributed by atoms with Crippen molar-refractivity contribution in [3.05, 3.63) is 65.7 Å². The maximum atomic E-state index is 12.8. The lowest BCUT2D eigenvalue weighted by molar-refractivity contribution is 0.403. The van der Waals surface area contributed by atoms with E-state index in [0.717, 1.165) is 5.56 Å². The van der Waals surface area contributed by atoms with E-state index in [1.807, 2.05) is 30.3 Å². The zero-order valence-corrected chi connectivity index (χ0v) is 16.1. The molecule has 4 aromatic rings. The number of aromatic nitrogens is 4. The highest BCUT2D eigenvalue weighted by Crippen LogP contribution is 2.28. The summed E-state index contributed by atoms with van der Waals surface area (Å²) >= 11 is 5.95. The Balaban J connectivity index is 1.75. The molecule has 0 aliphatic heterocycles. The molecule has 0 saturated heterocycles. The second-order valence-electron chi connectivity index (χ2n) is 5.78. The molecule has 0 saturated carbocycles. The molecule has 0 bridgehead atoms. The Morgan fingerprint density at radius 3 is 2.57 bits per heavy atom. The largest absolute Gasteiger partial charge is 0.495 e. The predicted octanol–water partition coefficient (Wildman–Crippen LogP) is 3.25. The van der Waals surface area contributed by atoms with Gasteiger partial charge in [0.1, 0.15) is 10.6 Å². The second-order valence-corrected chi connectivity index (χ2v) is 7.87. The number of nitrogens with one attached hydrogen (secondary N) is 1. The SMILES string of the molecule is COc1ccc(Cl)cc1S(=O)(=O)Nc1ccc2nnc(-c3ccccc3)n2n1. The summed E-state index contributed by atoms with van der Waals surface area (Å²) in [5.41, 5.74) is 1.29. The number of sulfonamides is 1. The summed E-state index contributed by atoms with van der Waals surface area (Å²) in [4.78, 5) is -0.0866. The van der Waals surface area contributed by atoms with Crippen LogP contribution in [0.15, 0.2) is 65.6 Å². The smallest absolute Gasteiger partial charge is 0.266 e. The third-order valence-electron chi connectivity index (χ3n) is 3.95. The first kappa shape index (κ1) is 18.2. The third-order valence-corrected chi connectivity index (χ3v) is 5.56. The molecule has 0 aliphatic rings. The summed E-state index contributed by atoms with van der Waals surface area (Å²) in [6, 6.07) is 16.8. The number of anilines is 1. The molecule has 0 fully saturated rings. The number of hydrogen-bond acceptors (Lipinski definition) is 6. The molecular formula is C18H14ClN5O3S. The predicted molar refractivity (Wildman–Crippen MR) is 105 cm³/mol. The van der Waals surface area contributed by atoms with E-state index in [4.69, 9.17) is 16.3 Å². The Bertz CT molecular complexity index is 1260. The standard InChI is InChI=1S/C18H14ClN5O3S/c1-27-14-8-7-13(19)11-15(14)28(25,26)23-16-9-10-17-20-21-18(24(17)22-16)12-5-3-2-4-6-12/h2-11H,1H3,(H,22,23). The molecule has 2 heterocycles. The molecule has 0 amide bonds. The van der Waals surface area contributed by atoms with E-state index in [9.17, 15) is 8.42 Å². The van der Waals surface area contributed by atoms with Gasteiger partial charge >= 0.3 is 0 Å². The molecule has 0 aliphatic carbocycles. The molecule has 0 atom stereocenters. The molecule has 4 rings (SSSR count). The molecule has 1 N–H and O–H groups in total. The Kier molecular flexibility index (Phi) is 4.62. The summed E-state index contributed by atoms with van der Waals surface area (Å²) in [7, 11) is -2.60. The second kappa shape index (κ2) is 7.10. The number of benzene rings is 2. The monoisotopic (exact) mass is 415 g/mol.